The molecule has 0 heterocycles. The molecular formula is C18H30NaO4S-. The Balaban J connectivity index is 0. The summed E-state index contributed by atoms with van der Waals surface area (Å²) in [5, 5.41) is 0. The molecule has 0 aliphatic rings. The minimum atomic E-state index is -5.17. The number of rotatable bonds is 11. The van der Waals surface area contributed by atoms with Crippen molar-refractivity contribution in [1.29, 1.82) is 0 Å². The van der Waals surface area contributed by atoms with E-state index in [0.29, 0.717) is 0 Å². The second kappa shape index (κ2) is 17.9. The van der Waals surface area contributed by atoms with E-state index in [0.717, 1.165) is 0 Å². The average molecular weight is 365 g/mol. The van der Waals surface area contributed by atoms with Crippen molar-refractivity contribution >= 4 is 10.4 Å². The van der Waals surface area contributed by atoms with Gasteiger partial charge in [-0.15, -0.1) is 0 Å². The van der Waals surface area contributed by atoms with E-state index in [1.807, 2.05) is 0 Å². The van der Waals surface area contributed by atoms with Crippen LogP contribution in [0.25, 0.3) is 0 Å². The van der Waals surface area contributed by atoms with Crippen LogP contribution in [0.4, 0.5) is 0 Å². The van der Waals surface area contributed by atoms with E-state index >= 15 is 0 Å². The Bertz CT molecular complexity index is 455. The van der Waals surface area contributed by atoms with Gasteiger partial charge in [-0.2, -0.15) is 0 Å². The summed E-state index contributed by atoms with van der Waals surface area (Å²) in [5.74, 6) is 0. The first-order valence-electron chi connectivity index (χ1n) is 8.64. The Hall–Kier alpha value is 0.0900. The molecule has 0 aromatic heterocycles. The van der Waals surface area contributed by atoms with Gasteiger partial charge in [0.2, 0.25) is 0 Å². The Morgan fingerprint density at radius 3 is 1.54 bits per heavy atom. The van der Waals surface area contributed by atoms with Crippen molar-refractivity contribution in [1.82, 2.24) is 0 Å². The van der Waals surface area contributed by atoms with Gasteiger partial charge in [0.05, 0.1) is 0 Å². The molecule has 0 saturated heterocycles. The fourth-order valence-electron chi connectivity index (χ4n) is 2.46. The molecule has 1 aromatic rings. The van der Waals surface area contributed by atoms with Crippen molar-refractivity contribution in [3.05, 3.63) is 35.9 Å². The third-order valence-corrected chi connectivity index (χ3v) is 3.66. The van der Waals surface area contributed by atoms with Gasteiger partial charge in [-0.05, 0) is 18.4 Å². The summed E-state index contributed by atoms with van der Waals surface area (Å²) < 4.78 is 34.1. The van der Waals surface area contributed by atoms with Crippen LogP contribution in [-0.2, 0) is 16.8 Å². The summed E-state index contributed by atoms with van der Waals surface area (Å²) >= 11 is 0. The molecule has 4 nitrogen and oxygen atoms in total. The second-order valence-corrected chi connectivity index (χ2v) is 6.64. The largest absolute Gasteiger partial charge is 1.00 e. The first kappa shape index (κ1) is 26.3. The topological polar surface area (TPSA) is 80.3 Å². The van der Waals surface area contributed by atoms with Gasteiger partial charge < -0.3 is 9.11 Å². The molecule has 0 aliphatic heterocycles. The van der Waals surface area contributed by atoms with Gasteiger partial charge in [0.15, 0.2) is 0 Å². The Morgan fingerprint density at radius 2 is 1.12 bits per heavy atom. The first-order chi connectivity index (χ1) is 10.9. The van der Waals surface area contributed by atoms with Crippen LogP contribution >= 0.6 is 0 Å². The standard InChI is InChI=1S/C18H30.Na.H2O4S/c1-2-3-4-5-6-7-8-9-10-12-15-18-16-13-11-14-17-18;;1-5(2,3)4/h11,13-14,16-17H,2-10,12,15H2,1H3;;(H2,1,2,3,4)/q;+1;/p-2. The quantitative estimate of drug-likeness (QED) is 0.259. The van der Waals surface area contributed by atoms with Gasteiger partial charge in [0, 0.05) is 10.4 Å². The summed E-state index contributed by atoms with van der Waals surface area (Å²) in [4.78, 5) is 0. The third kappa shape index (κ3) is 24.3. The van der Waals surface area contributed by atoms with E-state index < -0.39 is 10.4 Å². The van der Waals surface area contributed by atoms with Crippen molar-refractivity contribution in [2.75, 3.05) is 0 Å². The van der Waals surface area contributed by atoms with E-state index in [4.69, 9.17) is 17.5 Å². The van der Waals surface area contributed by atoms with Crippen molar-refractivity contribution in [3.63, 3.8) is 0 Å². The zero-order chi connectivity index (χ0) is 17.4. The molecule has 0 spiro atoms. The molecule has 1 rings (SSSR count). The predicted molar refractivity (Wildman–Crippen MR) is 92.5 cm³/mol. The summed E-state index contributed by atoms with van der Waals surface area (Å²) in [5.41, 5.74) is 1.50. The monoisotopic (exact) mass is 365 g/mol. The first-order valence-corrected chi connectivity index (χ1v) is 9.97. The molecule has 0 bridgehead atoms. The number of hydrogen-bond donors (Lipinski definition) is 0. The van der Waals surface area contributed by atoms with Crippen LogP contribution < -0.4 is 29.6 Å². The zero-order valence-corrected chi connectivity index (χ0v) is 18.0. The molecule has 0 saturated carbocycles. The molecule has 0 aliphatic carbocycles. The van der Waals surface area contributed by atoms with E-state index in [9.17, 15) is 0 Å². The molecule has 134 valence electrons. The van der Waals surface area contributed by atoms with Gasteiger partial charge in [-0.3, -0.25) is 8.42 Å². The molecule has 0 fully saturated rings. The van der Waals surface area contributed by atoms with Crippen molar-refractivity contribution in [2.45, 2.75) is 77.6 Å². The smallest absolute Gasteiger partial charge is 0.759 e. The molecule has 24 heavy (non-hydrogen) atoms. The van der Waals surface area contributed by atoms with Crippen molar-refractivity contribution < 1.29 is 47.1 Å². The average Bonchev–Trinajstić information content (AvgIpc) is 2.48. The van der Waals surface area contributed by atoms with Crippen molar-refractivity contribution in [2.24, 2.45) is 0 Å². The summed E-state index contributed by atoms with van der Waals surface area (Å²) in [6.45, 7) is 2.28. The summed E-state index contributed by atoms with van der Waals surface area (Å²) in [6, 6.07) is 10.9. The Labute approximate surface area is 170 Å². The molecule has 0 unspecified atom stereocenters. The number of aryl methyl sites for hydroxylation is 1. The molecule has 1 aromatic carbocycles. The Morgan fingerprint density at radius 1 is 0.750 bits per heavy atom. The van der Waals surface area contributed by atoms with Gasteiger partial charge in [0.25, 0.3) is 0 Å². The van der Waals surface area contributed by atoms with Crippen LogP contribution in [0.5, 0.6) is 0 Å². The third-order valence-electron chi connectivity index (χ3n) is 3.66. The zero-order valence-electron chi connectivity index (χ0n) is 15.2. The number of hydrogen-bond acceptors (Lipinski definition) is 4. The number of benzene rings is 1. The minimum absolute atomic E-state index is 0. The minimum Gasteiger partial charge on any atom is -0.759 e. The van der Waals surface area contributed by atoms with Gasteiger partial charge >= 0.3 is 29.6 Å². The van der Waals surface area contributed by atoms with Crippen LogP contribution in [0.2, 0.25) is 0 Å². The molecule has 0 radical (unpaired) electrons. The maximum absolute atomic E-state index is 8.52. The van der Waals surface area contributed by atoms with Crippen LogP contribution in [0.1, 0.15) is 76.7 Å². The molecule has 6 heteroatoms. The van der Waals surface area contributed by atoms with E-state index in [1.54, 1.807) is 0 Å². The summed E-state index contributed by atoms with van der Waals surface area (Å²) in [6.07, 6.45) is 15.5. The van der Waals surface area contributed by atoms with E-state index in [-0.39, 0.29) is 29.6 Å². The van der Waals surface area contributed by atoms with Gasteiger partial charge in [0.1, 0.15) is 0 Å². The van der Waals surface area contributed by atoms with Gasteiger partial charge in [-0.1, -0.05) is 95.0 Å². The second-order valence-electron chi connectivity index (χ2n) is 5.83. The maximum atomic E-state index is 8.52. The Kier molecular flexibility index (Phi) is 19.6. The maximum Gasteiger partial charge on any atom is 1.00 e. The van der Waals surface area contributed by atoms with Crippen LogP contribution in [0, 0.1) is 0 Å². The fraction of sp³-hybridized carbons (Fsp3) is 0.667. The molecule has 0 atom stereocenters. The number of unbranched alkanes of at least 4 members (excludes halogenated alkanes) is 9. The summed E-state index contributed by atoms with van der Waals surface area (Å²) in [7, 11) is -5.17. The van der Waals surface area contributed by atoms with Crippen LogP contribution in [-0.4, -0.2) is 17.5 Å². The SMILES string of the molecule is CCCCCCCCCCCCc1ccccc1.O=S(=O)([O-])[O-].[Na+]. The van der Waals surface area contributed by atoms with E-state index in [2.05, 4.69) is 37.3 Å². The van der Waals surface area contributed by atoms with Gasteiger partial charge in [-0.25, -0.2) is 0 Å². The predicted octanol–water partition coefficient (Wildman–Crippen LogP) is 1.82. The fourth-order valence-corrected chi connectivity index (χ4v) is 2.46. The molecular weight excluding hydrogens is 335 g/mol. The van der Waals surface area contributed by atoms with E-state index in [1.165, 1.54) is 76.2 Å². The molecule has 0 N–H and O–H groups in total. The van der Waals surface area contributed by atoms with Crippen LogP contribution in [0.15, 0.2) is 30.3 Å². The van der Waals surface area contributed by atoms with Crippen LogP contribution in [0.3, 0.4) is 0 Å². The molecule has 0 amide bonds. The normalized spacial score (nSPS) is 10.5. The van der Waals surface area contributed by atoms with Crippen molar-refractivity contribution in [3.8, 4) is 0 Å².